The molecule has 0 bridgehead atoms. The van der Waals surface area contributed by atoms with E-state index in [0.29, 0.717) is 23.3 Å². The van der Waals surface area contributed by atoms with Crippen molar-refractivity contribution in [2.45, 2.75) is 25.7 Å². The Labute approximate surface area is 119 Å². The summed E-state index contributed by atoms with van der Waals surface area (Å²) in [6.07, 6.45) is 5.02. The fraction of sp³-hybridized carbons (Fsp3) is 0.643. The van der Waals surface area contributed by atoms with Crippen molar-refractivity contribution < 1.29 is 4.79 Å². The molecular weight excluding hydrogens is 254 g/mol. The molecule has 0 aliphatic heterocycles. The van der Waals surface area contributed by atoms with Crippen LogP contribution in [-0.4, -0.2) is 36.2 Å². The van der Waals surface area contributed by atoms with E-state index in [1.165, 1.54) is 25.7 Å². The van der Waals surface area contributed by atoms with Crippen molar-refractivity contribution in [3.63, 3.8) is 0 Å². The number of anilines is 1. The molecule has 1 amide bonds. The van der Waals surface area contributed by atoms with E-state index in [0.717, 1.165) is 13.1 Å². The van der Waals surface area contributed by atoms with E-state index in [4.69, 9.17) is 5.73 Å². The Bertz CT molecular complexity index is 434. The van der Waals surface area contributed by atoms with Crippen LogP contribution in [-0.2, 0) is 0 Å². The number of carbonyl (C=O) groups excluding carboxylic acids is 1. The van der Waals surface area contributed by atoms with Gasteiger partial charge in [-0.15, -0.1) is 10.2 Å². The Morgan fingerprint density at radius 2 is 2.05 bits per heavy atom. The third-order valence-electron chi connectivity index (χ3n) is 4.04. The summed E-state index contributed by atoms with van der Waals surface area (Å²) >= 11 is 0. The molecule has 110 valence electrons. The van der Waals surface area contributed by atoms with Gasteiger partial charge in [0.05, 0.1) is 0 Å². The Kier molecular flexibility index (Phi) is 5.29. The smallest absolute Gasteiger partial charge is 0.271 e. The second kappa shape index (κ2) is 7.19. The molecule has 20 heavy (non-hydrogen) atoms. The van der Waals surface area contributed by atoms with Gasteiger partial charge in [0, 0.05) is 13.6 Å². The standard InChI is InChI=1S/C14H23N5O/c1-16-14(20)12-6-7-13(19-18-12)17-9-11-5-3-2-4-10(11)8-15/h6-7,10-11H,2-5,8-9,15H2,1H3,(H,16,20)(H,17,19). The zero-order valence-electron chi connectivity index (χ0n) is 11.9. The average molecular weight is 277 g/mol. The summed E-state index contributed by atoms with van der Waals surface area (Å²) in [6.45, 7) is 1.63. The van der Waals surface area contributed by atoms with Crippen LogP contribution in [0.15, 0.2) is 12.1 Å². The van der Waals surface area contributed by atoms with E-state index < -0.39 is 0 Å². The molecule has 1 aromatic heterocycles. The maximum absolute atomic E-state index is 11.4. The number of hydrogen-bond donors (Lipinski definition) is 3. The molecule has 1 heterocycles. The van der Waals surface area contributed by atoms with Gasteiger partial charge in [0.15, 0.2) is 5.69 Å². The third kappa shape index (κ3) is 3.66. The Balaban J connectivity index is 1.88. The van der Waals surface area contributed by atoms with Gasteiger partial charge >= 0.3 is 0 Å². The molecule has 2 atom stereocenters. The lowest BCUT2D eigenvalue weighted by molar-refractivity contribution is 0.0957. The first-order valence-electron chi connectivity index (χ1n) is 7.24. The van der Waals surface area contributed by atoms with Crippen LogP contribution in [0.4, 0.5) is 5.82 Å². The minimum Gasteiger partial charge on any atom is -0.368 e. The first kappa shape index (κ1) is 14.7. The third-order valence-corrected chi connectivity index (χ3v) is 4.04. The molecule has 1 saturated carbocycles. The molecule has 2 unspecified atom stereocenters. The first-order chi connectivity index (χ1) is 9.74. The highest BCUT2D eigenvalue weighted by molar-refractivity contribution is 5.91. The van der Waals surface area contributed by atoms with Crippen LogP contribution in [0.1, 0.15) is 36.2 Å². The summed E-state index contributed by atoms with van der Waals surface area (Å²) in [5, 5.41) is 13.8. The number of carbonyl (C=O) groups is 1. The summed E-state index contributed by atoms with van der Waals surface area (Å²) in [6, 6.07) is 3.47. The van der Waals surface area contributed by atoms with Crippen molar-refractivity contribution in [2.24, 2.45) is 17.6 Å². The summed E-state index contributed by atoms with van der Waals surface area (Å²) < 4.78 is 0. The van der Waals surface area contributed by atoms with E-state index in [2.05, 4.69) is 20.8 Å². The highest BCUT2D eigenvalue weighted by Crippen LogP contribution is 2.29. The molecule has 0 radical (unpaired) electrons. The van der Waals surface area contributed by atoms with Gasteiger partial charge < -0.3 is 16.4 Å². The van der Waals surface area contributed by atoms with Crippen LogP contribution in [0.2, 0.25) is 0 Å². The second-order valence-corrected chi connectivity index (χ2v) is 5.30. The van der Waals surface area contributed by atoms with Gasteiger partial charge in [-0.1, -0.05) is 12.8 Å². The minimum atomic E-state index is -0.223. The number of hydrogen-bond acceptors (Lipinski definition) is 5. The lowest BCUT2D eigenvalue weighted by Crippen LogP contribution is -2.31. The van der Waals surface area contributed by atoms with Gasteiger partial charge in [-0.3, -0.25) is 4.79 Å². The maximum Gasteiger partial charge on any atom is 0.271 e. The molecular formula is C14H23N5O. The van der Waals surface area contributed by atoms with E-state index in [9.17, 15) is 4.79 Å². The van der Waals surface area contributed by atoms with Crippen molar-refractivity contribution in [1.29, 1.82) is 0 Å². The molecule has 6 nitrogen and oxygen atoms in total. The lowest BCUT2D eigenvalue weighted by atomic mass is 9.79. The van der Waals surface area contributed by atoms with Gasteiger partial charge in [-0.25, -0.2) is 0 Å². The van der Waals surface area contributed by atoms with Crippen molar-refractivity contribution >= 4 is 11.7 Å². The van der Waals surface area contributed by atoms with Crippen LogP contribution in [0.25, 0.3) is 0 Å². The molecule has 6 heteroatoms. The van der Waals surface area contributed by atoms with Crippen LogP contribution >= 0.6 is 0 Å². The van der Waals surface area contributed by atoms with Crippen molar-refractivity contribution in [3.8, 4) is 0 Å². The lowest BCUT2D eigenvalue weighted by Gasteiger charge is -2.30. The predicted molar refractivity (Wildman–Crippen MR) is 78.4 cm³/mol. The normalized spacial score (nSPS) is 22.3. The molecule has 0 saturated heterocycles. The number of aromatic nitrogens is 2. The minimum absolute atomic E-state index is 0.223. The maximum atomic E-state index is 11.4. The van der Waals surface area contributed by atoms with Gasteiger partial charge in [0.1, 0.15) is 5.82 Å². The quantitative estimate of drug-likeness (QED) is 0.747. The zero-order valence-corrected chi connectivity index (χ0v) is 11.9. The van der Waals surface area contributed by atoms with E-state index in [-0.39, 0.29) is 5.91 Å². The molecule has 1 aliphatic rings. The predicted octanol–water partition coefficient (Wildman–Crippen LogP) is 1.01. The van der Waals surface area contributed by atoms with Crippen molar-refractivity contribution in [1.82, 2.24) is 15.5 Å². The molecule has 2 rings (SSSR count). The van der Waals surface area contributed by atoms with Crippen LogP contribution < -0.4 is 16.4 Å². The zero-order chi connectivity index (χ0) is 14.4. The van der Waals surface area contributed by atoms with E-state index in [1.807, 2.05) is 0 Å². The van der Waals surface area contributed by atoms with Crippen LogP contribution in [0, 0.1) is 11.8 Å². The first-order valence-corrected chi connectivity index (χ1v) is 7.24. The highest BCUT2D eigenvalue weighted by atomic mass is 16.1. The monoisotopic (exact) mass is 277 g/mol. The van der Waals surface area contributed by atoms with Crippen LogP contribution in [0.3, 0.4) is 0 Å². The molecule has 4 N–H and O–H groups in total. The number of rotatable bonds is 5. The number of nitrogens with two attached hydrogens (primary N) is 1. The molecule has 1 fully saturated rings. The SMILES string of the molecule is CNC(=O)c1ccc(NCC2CCCCC2CN)nn1. The van der Waals surface area contributed by atoms with E-state index in [1.54, 1.807) is 19.2 Å². The number of nitrogens with zero attached hydrogens (tertiary/aromatic N) is 2. The fourth-order valence-electron chi connectivity index (χ4n) is 2.77. The summed E-state index contributed by atoms with van der Waals surface area (Å²) in [4.78, 5) is 11.4. The largest absolute Gasteiger partial charge is 0.368 e. The van der Waals surface area contributed by atoms with E-state index >= 15 is 0 Å². The molecule has 1 aromatic rings. The van der Waals surface area contributed by atoms with Crippen molar-refractivity contribution in [2.75, 3.05) is 25.5 Å². The number of nitrogens with one attached hydrogen (secondary N) is 2. The fourth-order valence-corrected chi connectivity index (χ4v) is 2.77. The van der Waals surface area contributed by atoms with Gasteiger partial charge in [-0.05, 0) is 43.4 Å². The van der Waals surface area contributed by atoms with Crippen molar-refractivity contribution in [3.05, 3.63) is 17.8 Å². The molecule has 0 aromatic carbocycles. The summed E-state index contributed by atoms with van der Waals surface area (Å²) in [5.74, 6) is 1.70. The van der Waals surface area contributed by atoms with Gasteiger partial charge in [0.2, 0.25) is 0 Å². The highest BCUT2D eigenvalue weighted by Gasteiger charge is 2.23. The second-order valence-electron chi connectivity index (χ2n) is 5.30. The summed E-state index contributed by atoms with van der Waals surface area (Å²) in [5.41, 5.74) is 6.16. The molecule has 0 spiro atoms. The van der Waals surface area contributed by atoms with Gasteiger partial charge in [-0.2, -0.15) is 0 Å². The summed E-state index contributed by atoms with van der Waals surface area (Å²) in [7, 11) is 1.58. The van der Waals surface area contributed by atoms with Crippen LogP contribution in [0.5, 0.6) is 0 Å². The van der Waals surface area contributed by atoms with Gasteiger partial charge in [0.25, 0.3) is 5.91 Å². The Morgan fingerprint density at radius 3 is 2.65 bits per heavy atom. The Hall–Kier alpha value is -1.69. The number of amides is 1. The topological polar surface area (TPSA) is 92.9 Å². The molecule has 1 aliphatic carbocycles. The average Bonchev–Trinajstić information content (AvgIpc) is 2.53. The Morgan fingerprint density at radius 1 is 1.30 bits per heavy atom.